The van der Waals surface area contributed by atoms with E-state index in [-0.39, 0.29) is 17.7 Å². The largest absolute Gasteiger partial charge is 0.383 e. The molecule has 18 heavy (non-hydrogen) atoms. The number of carbonyl (C=O) groups excluding carboxylic acids is 2. The first kappa shape index (κ1) is 12.6. The molecule has 2 rings (SSSR count). The van der Waals surface area contributed by atoms with Gasteiger partial charge in [-0.05, 0) is 30.7 Å². The van der Waals surface area contributed by atoms with Crippen molar-refractivity contribution in [2.45, 2.75) is 32.2 Å². The Hall–Kier alpha value is -1.84. The highest BCUT2D eigenvalue weighted by molar-refractivity contribution is 5.96. The van der Waals surface area contributed by atoms with Crippen LogP contribution in [-0.2, 0) is 4.79 Å². The molecule has 1 aromatic rings. The standard InChI is InChI=1S/C14H18N2O2/c1-2-13(17)10-3-5-11(6-4-10)15-9-12-7-8-14(18)16-12/h3-6,12,15H,2,7-9H2,1H3,(H,16,18). The molecule has 1 unspecified atom stereocenters. The number of nitrogens with one attached hydrogen (secondary N) is 2. The minimum Gasteiger partial charge on any atom is -0.383 e. The van der Waals surface area contributed by atoms with Crippen LogP contribution in [0.25, 0.3) is 0 Å². The van der Waals surface area contributed by atoms with Crippen molar-refractivity contribution in [2.75, 3.05) is 11.9 Å². The Morgan fingerprint density at radius 3 is 2.67 bits per heavy atom. The maximum Gasteiger partial charge on any atom is 0.220 e. The second-order valence-corrected chi connectivity index (χ2v) is 4.54. The Morgan fingerprint density at radius 2 is 2.11 bits per heavy atom. The lowest BCUT2D eigenvalue weighted by atomic mass is 10.1. The van der Waals surface area contributed by atoms with Gasteiger partial charge in [-0.15, -0.1) is 0 Å². The normalized spacial score (nSPS) is 18.5. The molecule has 1 atom stereocenters. The summed E-state index contributed by atoms with van der Waals surface area (Å²) < 4.78 is 0. The van der Waals surface area contributed by atoms with Gasteiger partial charge in [-0.25, -0.2) is 0 Å². The lowest BCUT2D eigenvalue weighted by molar-refractivity contribution is -0.119. The smallest absolute Gasteiger partial charge is 0.220 e. The molecule has 1 aliphatic rings. The minimum atomic E-state index is 0.130. The second kappa shape index (κ2) is 5.67. The highest BCUT2D eigenvalue weighted by Gasteiger charge is 2.19. The van der Waals surface area contributed by atoms with Crippen LogP contribution in [0.4, 0.5) is 5.69 Å². The van der Waals surface area contributed by atoms with Gasteiger partial charge in [0.15, 0.2) is 5.78 Å². The summed E-state index contributed by atoms with van der Waals surface area (Å²) in [5, 5.41) is 6.17. The molecule has 1 aliphatic heterocycles. The summed E-state index contributed by atoms with van der Waals surface area (Å²) in [5.41, 5.74) is 1.72. The average Bonchev–Trinajstić information content (AvgIpc) is 2.82. The number of hydrogen-bond acceptors (Lipinski definition) is 3. The van der Waals surface area contributed by atoms with E-state index in [0.29, 0.717) is 12.8 Å². The minimum absolute atomic E-state index is 0.130. The predicted octanol–water partition coefficient (Wildman–Crippen LogP) is 1.97. The van der Waals surface area contributed by atoms with E-state index < -0.39 is 0 Å². The Bertz CT molecular complexity index is 440. The van der Waals surface area contributed by atoms with Gasteiger partial charge in [0.1, 0.15) is 0 Å². The number of rotatable bonds is 5. The van der Waals surface area contributed by atoms with Crippen molar-refractivity contribution in [3.63, 3.8) is 0 Å². The number of anilines is 1. The zero-order chi connectivity index (χ0) is 13.0. The van der Waals surface area contributed by atoms with E-state index in [9.17, 15) is 9.59 Å². The fourth-order valence-electron chi connectivity index (χ4n) is 2.05. The highest BCUT2D eigenvalue weighted by atomic mass is 16.2. The Morgan fingerprint density at radius 1 is 1.39 bits per heavy atom. The van der Waals surface area contributed by atoms with Crippen molar-refractivity contribution in [2.24, 2.45) is 0 Å². The fourth-order valence-corrected chi connectivity index (χ4v) is 2.05. The second-order valence-electron chi connectivity index (χ2n) is 4.54. The molecule has 1 saturated heterocycles. The predicted molar refractivity (Wildman–Crippen MR) is 70.7 cm³/mol. The highest BCUT2D eigenvalue weighted by Crippen LogP contribution is 2.13. The van der Waals surface area contributed by atoms with E-state index >= 15 is 0 Å². The van der Waals surface area contributed by atoms with Gasteiger partial charge in [-0.1, -0.05) is 6.92 Å². The van der Waals surface area contributed by atoms with Crippen LogP contribution in [0.5, 0.6) is 0 Å². The SMILES string of the molecule is CCC(=O)c1ccc(NCC2CCC(=O)N2)cc1. The summed E-state index contributed by atoms with van der Waals surface area (Å²) >= 11 is 0. The van der Waals surface area contributed by atoms with Crippen LogP contribution in [0, 0.1) is 0 Å². The molecule has 0 spiro atoms. The van der Waals surface area contributed by atoms with Crippen molar-refractivity contribution in [3.05, 3.63) is 29.8 Å². The van der Waals surface area contributed by atoms with Crippen LogP contribution in [0.2, 0.25) is 0 Å². The van der Waals surface area contributed by atoms with Gasteiger partial charge in [0.2, 0.25) is 5.91 Å². The molecule has 96 valence electrons. The molecule has 0 aromatic heterocycles. The summed E-state index contributed by atoms with van der Waals surface area (Å²) in [4.78, 5) is 22.5. The molecule has 2 N–H and O–H groups in total. The van der Waals surface area contributed by atoms with E-state index in [1.807, 2.05) is 31.2 Å². The van der Waals surface area contributed by atoms with Crippen molar-refractivity contribution in [1.29, 1.82) is 0 Å². The van der Waals surface area contributed by atoms with Gasteiger partial charge in [0.25, 0.3) is 0 Å². The third kappa shape index (κ3) is 3.09. The Labute approximate surface area is 107 Å². The fraction of sp³-hybridized carbons (Fsp3) is 0.429. The third-order valence-corrected chi connectivity index (χ3v) is 3.17. The first-order valence-corrected chi connectivity index (χ1v) is 6.35. The lowest BCUT2D eigenvalue weighted by Crippen LogP contribution is -2.31. The van der Waals surface area contributed by atoms with E-state index in [2.05, 4.69) is 10.6 Å². The third-order valence-electron chi connectivity index (χ3n) is 3.17. The average molecular weight is 246 g/mol. The van der Waals surface area contributed by atoms with Crippen LogP contribution in [-0.4, -0.2) is 24.3 Å². The van der Waals surface area contributed by atoms with Crippen LogP contribution >= 0.6 is 0 Å². The number of benzene rings is 1. The first-order valence-electron chi connectivity index (χ1n) is 6.35. The van der Waals surface area contributed by atoms with Gasteiger partial charge in [-0.3, -0.25) is 9.59 Å². The molecule has 1 fully saturated rings. The summed E-state index contributed by atoms with van der Waals surface area (Å²) in [6.45, 7) is 2.59. The Kier molecular flexibility index (Phi) is 3.97. The van der Waals surface area contributed by atoms with E-state index in [1.54, 1.807) is 0 Å². The van der Waals surface area contributed by atoms with E-state index in [0.717, 1.165) is 24.2 Å². The van der Waals surface area contributed by atoms with Crippen LogP contribution in [0.1, 0.15) is 36.5 Å². The zero-order valence-corrected chi connectivity index (χ0v) is 10.5. The topological polar surface area (TPSA) is 58.2 Å². The first-order chi connectivity index (χ1) is 8.69. The maximum absolute atomic E-state index is 11.5. The summed E-state index contributed by atoms with van der Waals surface area (Å²) in [6, 6.07) is 7.69. The van der Waals surface area contributed by atoms with Gasteiger partial charge in [0.05, 0.1) is 0 Å². The molecule has 0 saturated carbocycles. The Balaban J connectivity index is 1.86. The maximum atomic E-state index is 11.5. The zero-order valence-electron chi connectivity index (χ0n) is 10.5. The molecule has 1 amide bonds. The van der Waals surface area contributed by atoms with Gasteiger partial charge in [-0.2, -0.15) is 0 Å². The van der Waals surface area contributed by atoms with Gasteiger partial charge < -0.3 is 10.6 Å². The summed E-state index contributed by atoms with van der Waals surface area (Å²) in [5.74, 6) is 0.287. The van der Waals surface area contributed by atoms with Gasteiger partial charge in [0, 0.05) is 36.7 Å². The van der Waals surface area contributed by atoms with Crippen LogP contribution in [0.3, 0.4) is 0 Å². The number of Topliss-reactive ketones (excluding diaryl/α,β-unsaturated/α-hetero) is 1. The number of ketones is 1. The molecule has 4 nitrogen and oxygen atoms in total. The quantitative estimate of drug-likeness (QED) is 0.781. The molecular weight excluding hydrogens is 228 g/mol. The number of amides is 1. The summed E-state index contributed by atoms with van der Waals surface area (Å²) in [6.07, 6.45) is 2.04. The number of hydrogen-bond donors (Lipinski definition) is 2. The molecular formula is C14H18N2O2. The molecule has 0 bridgehead atoms. The lowest BCUT2D eigenvalue weighted by Gasteiger charge is -2.12. The van der Waals surface area contributed by atoms with Crippen molar-refractivity contribution in [3.8, 4) is 0 Å². The molecule has 0 aliphatic carbocycles. The van der Waals surface area contributed by atoms with Crippen molar-refractivity contribution < 1.29 is 9.59 Å². The van der Waals surface area contributed by atoms with Crippen molar-refractivity contribution in [1.82, 2.24) is 5.32 Å². The van der Waals surface area contributed by atoms with E-state index in [4.69, 9.17) is 0 Å². The van der Waals surface area contributed by atoms with Crippen molar-refractivity contribution >= 4 is 17.4 Å². The van der Waals surface area contributed by atoms with Gasteiger partial charge >= 0.3 is 0 Å². The van der Waals surface area contributed by atoms with Crippen LogP contribution < -0.4 is 10.6 Å². The molecule has 4 heteroatoms. The van der Waals surface area contributed by atoms with Crippen LogP contribution in [0.15, 0.2) is 24.3 Å². The molecule has 1 heterocycles. The summed E-state index contributed by atoms with van der Waals surface area (Å²) in [7, 11) is 0. The molecule has 1 aromatic carbocycles. The van der Waals surface area contributed by atoms with E-state index in [1.165, 1.54) is 0 Å². The molecule has 0 radical (unpaired) electrons. The number of carbonyl (C=O) groups is 2. The monoisotopic (exact) mass is 246 g/mol.